The van der Waals surface area contributed by atoms with E-state index in [1.165, 1.54) is 32.4 Å². The number of ether oxygens (including phenoxy) is 1. The van der Waals surface area contributed by atoms with Gasteiger partial charge in [-0.05, 0) is 49.7 Å². The Morgan fingerprint density at radius 2 is 1.96 bits per heavy atom. The molecular weight excluding hydrogens is 324 g/mol. The summed E-state index contributed by atoms with van der Waals surface area (Å²) in [6, 6.07) is 8.76. The van der Waals surface area contributed by atoms with Crippen molar-refractivity contribution in [2.24, 2.45) is 11.3 Å². The Labute approximate surface area is 157 Å². The van der Waals surface area contributed by atoms with Gasteiger partial charge in [-0.25, -0.2) is 0 Å². The van der Waals surface area contributed by atoms with E-state index in [9.17, 15) is 4.79 Å². The molecule has 1 amide bonds. The lowest BCUT2D eigenvalue weighted by Crippen LogP contribution is -2.48. The second-order valence-electron chi connectivity index (χ2n) is 8.64. The summed E-state index contributed by atoms with van der Waals surface area (Å²) in [7, 11) is 1.83. The van der Waals surface area contributed by atoms with Crippen molar-refractivity contribution in [2.45, 2.75) is 45.1 Å². The van der Waals surface area contributed by atoms with E-state index in [4.69, 9.17) is 4.74 Å². The smallest absolute Gasteiger partial charge is 0.254 e. The average molecular weight is 357 g/mol. The Kier molecular flexibility index (Phi) is 5.07. The molecule has 4 nitrogen and oxygen atoms in total. The molecule has 1 aromatic carbocycles. The summed E-state index contributed by atoms with van der Waals surface area (Å²) in [4.78, 5) is 17.8. The van der Waals surface area contributed by atoms with Crippen molar-refractivity contribution in [2.75, 3.05) is 39.9 Å². The summed E-state index contributed by atoms with van der Waals surface area (Å²) in [6.45, 7) is 7.04. The largest absolute Gasteiger partial charge is 0.384 e. The minimum absolute atomic E-state index is 0.204. The maximum Gasteiger partial charge on any atom is 0.254 e. The van der Waals surface area contributed by atoms with Crippen LogP contribution in [0, 0.1) is 18.3 Å². The van der Waals surface area contributed by atoms with E-state index < -0.39 is 0 Å². The number of aryl methyl sites for hydroxylation is 1. The number of hydrogen-bond acceptors (Lipinski definition) is 3. The van der Waals surface area contributed by atoms with E-state index in [1.807, 2.05) is 38.3 Å². The van der Waals surface area contributed by atoms with Crippen LogP contribution in [-0.4, -0.2) is 61.6 Å². The van der Waals surface area contributed by atoms with Crippen LogP contribution in [-0.2, 0) is 4.74 Å². The lowest BCUT2D eigenvalue weighted by molar-refractivity contribution is 0.0312. The molecule has 4 rings (SSSR count). The number of nitrogens with zero attached hydrogens (tertiary/aromatic N) is 2. The molecule has 0 radical (unpaired) electrons. The van der Waals surface area contributed by atoms with Crippen molar-refractivity contribution in [3.63, 3.8) is 0 Å². The van der Waals surface area contributed by atoms with Gasteiger partial charge in [-0.15, -0.1) is 0 Å². The molecule has 3 aliphatic rings. The highest BCUT2D eigenvalue weighted by Crippen LogP contribution is 2.47. The zero-order valence-corrected chi connectivity index (χ0v) is 16.2. The van der Waals surface area contributed by atoms with Crippen molar-refractivity contribution in [1.82, 2.24) is 9.80 Å². The van der Waals surface area contributed by atoms with Crippen molar-refractivity contribution in [3.8, 4) is 0 Å². The summed E-state index contributed by atoms with van der Waals surface area (Å²) >= 11 is 0. The van der Waals surface area contributed by atoms with Gasteiger partial charge in [0.05, 0.1) is 6.61 Å². The second kappa shape index (κ2) is 7.32. The Bertz CT molecular complexity index is 647. The summed E-state index contributed by atoms with van der Waals surface area (Å²) in [5, 5.41) is 0. The van der Waals surface area contributed by atoms with Gasteiger partial charge in [-0.2, -0.15) is 0 Å². The van der Waals surface area contributed by atoms with Crippen LogP contribution >= 0.6 is 0 Å². The first-order valence-corrected chi connectivity index (χ1v) is 10.2. The quantitative estimate of drug-likeness (QED) is 0.829. The van der Waals surface area contributed by atoms with Gasteiger partial charge in [0.25, 0.3) is 5.91 Å². The van der Waals surface area contributed by atoms with Gasteiger partial charge in [0.2, 0.25) is 0 Å². The summed E-state index contributed by atoms with van der Waals surface area (Å²) in [5.41, 5.74) is 2.28. The van der Waals surface area contributed by atoms with Crippen molar-refractivity contribution in [3.05, 3.63) is 35.4 Å². The number of hydrogen-bond donors (Lipinski definition) is 0. The minimum atomic E-state index is 0.204. The van der Waals surface area contributed by atoms with Gasteiger partial charge in [0.15, 0.2) is 0 Å². The van der Waals surface area contributed by atoms with Crippen LogP contribution in [0.3, 0.4) is 0 Å². The third-order valence-corrected chi connectivity index (χ3v) is 7.22. The molecule has 2 heterocycles. The fraction of sp³-hybridized carbons (Fsp3) is 0.682. The van der Waals surface area contributed by atoms with Gasteiger partial charge in [0, 0.05) is 50.8 Å². The molecule has 2 aliphatic heterocycles. The molecule has 3 fully saturated rings. The fourth-order valence-corrected chi connectivity index (χ4v) is 5.24. The van der Waals surface area contributed by atoms with Crippen LogP contribution in [0.1, 0.15) is 48.0 Å². The Morgan fingerprint density at radius 1 is 1.23 bits per heavy atom. The maximum atomic E-state index is 12.9. The molecule has 1 aromatic rings. The van der Waals surface area contributed by atoms with Gasteiger partial charge in [-0.3, -0.25) is 9.69 Å². The highest BCUT2D eigenvalue weighted by Gasteiger charge is 2.50. The van der Waals surface area contributed by atoms with Gasteiger partial charge >= 0.3 is 0 Å². The number of piperidine rings is 1. The van der Waals surface area contributed by atoms with Gasteiger partial charge < -0.3 is 9.64 Å². The lowest BCUT2D eigenvalue weighted by Gasteiger charge is -2.43. The normalized spacial score (nSPS) is 26.2. The lowest BCUT2D eigenvalue weighted by atomic mass is 9.71. The van der Waals surface area contributed by atoms with Crippen LogP contribution in [0.2, 0.25) is 0 Å². The predicted octanol–water partition coefficient (Wildman–Crippen LogP) is 3.35. The van der Waals surface area contributed by atoms with E-state index in [1.54, 1.807) is 0 Å². The molecular formula is C22H32N2O2. The number of carbonyl (C=O) groups is 1. The molecule has 26 heavy (non-hydrogen) atoms. The zero-order valence-electron chi connectivity index (χ0n) is 16.2. The van der Waals surface area contributed by atoms with E-state index in [0.29, 0.717) is 11.3 Å². The van der Waals surface area contributed by atoms with E-state index in [2.05, 4.69) is 9.80 Å². The van der Waals surface area contributed by atoms with Gasteiger partial charge in [0.1, 0.15) is 0 Å². The molecule has 0 bridgehead atoms. The molecule has 0 N–H and O–H groups in total. The van der Waals surface area contributed by atoms with Crippen LogP contribution in [0.5, 0.6) is 0 Å². The van der Waals surface area contributed by atoms with Crippen LogP contribution < -0.4 is 0 Å². The number of methoxy groups -OCH3 is 1. The number of amides is 1. The van der Waals surface area contributed by atoms with Crippen molar-refractivity contribution in [1.29, 1.82) is 0 Å². The summed E-state index contributed by atoms with van der Waals surface area (Å²) in [6.07, 6.45) is 6.35. The highest BCUT2D eigenvalue weighted by atomic mass is 16.5. The average Bonchev–Trinajstić information content (AvgIpc) is 2.92. The molecule has 1 unspecified atom stereocenters. The highest BCUT2D eigenvalue weighted by molar-refractivity contribution is 5.95. The van der Waals surface area contributed by atoms with E-state index in [0.717, 1.165) is 49.7 Å². The number of benzene rings is 1. The van der Waals surface area contributed by atoms with Crippen molar-refractivity contribution >= 4 is 5.91 Å². The fourth-order valence-electron chi connectivity index (χ4n) is 5.24. The van der Waals surface area contributed by atoms with Gasteiger partial charge in [-0.1, -0.05) is 24.6 Å². The second-order valence-corrected chi connectivity index (χ2v) is 8.64. The Balaban J connectivity index is 1.44. The number of rotatable bonds is 4. The SMILES string of the molecule is COCC1CN(C2CCC2)CC12CCN(C(=O)c1ccccc1C)CC2. The van der Waals surface area contributed by atoms with E-state index in [-0.39, 0.29) is 5.91 Å². The molecule has 1 saturated carbocycles. The molecule has 2 saturated heterocycles. The topological polar surface area (TPSA) is 32.8 Å². The maximum absolute atomic E-state index is 12.9. The molecule has 1 aliphatic carbocycles. The molecule has 0 aromatic heterocycles. The number of likely N-dealkylation sites (tertiary alicyclic amines) is 2. The van der Waals surface area contributed by atoms with Crippen LogP contribution in [0.15, 0.2) is 24.3 Å². The first-order chi connectivity index (χ1) is 12.6. The summed E-state index contributed by atoms with van der Waals surface area (Å²) < 4.78 is 5.59. The molecule has 1 spiro atoms. The Hall–Kier alpha value is -1.39. The molecule has 142 valence electrons. The monoisotopic (exact) mass is 356 g/mol. The Morgan fingerprint density at radius 3 is 2.58 bits per heavy atom. The standard InChI is InChI=1S/C22H32N2O2/c1-17-6-3-4-9-20(17)21(25)23-12-10-22(11-13-23)16-24(19-7-5-8-19)14-18(22)15-26-2/h3-4,6,9,18-19H,5,7-8,10-16H2,1-2H3. The number of carbonyl (C=O) groups excluding carboxylic acids is 1. The predicted molar refractivity (Wildman–Crippen MR) is 103 cm³/mol. The van der Waals surface area contributed by atoms with Crippen molar-refractivity contribution < 1.29 is 9.53 Å². The summed E-state index contributed by atoms with van der Waals surface area (Å²) in [5.74, 6) is 0.818. The third-order valence-electron chi connectivity index (χ3n) is 7.22. The minimum Gasteiger partial charge on any atom is -0.384 e. The third kappa shape index (κ3) is 3.18. The zero-order chi connectivity index (χ0) is 18.1. The first-order valence-electron chi connectivity index (χ1n) is 10.2. The van der Waals surface area contributed by atoms with E-state index >= 15 is 0 Å². The first kappa shape index (κ1) is 18.0. The van der Waals surface area contributed by atoms with Crippen LogP contribution in [0.25, 0.3) is 0 Å². The molecule has 4 heteroatoms. The van der Waals surface area contributed by atoms with Crippen LogP contribution in [0.4, 0.5) is 0 Å². The molecule has 1 atom stereocenters.